The molecule has 0 radical (unpaired) electrons. The third-order valence-electron chi connectivity index (χ3n) is 3.74. The van der Waals surface area contributed by atoms with Gasteiger partial charge in [-0.2, -0.15) is 0 Å². The Balaban J connectivity index is 1.94. The second kappa shape index (κ2) is 4.09. The SMILES string of the molecule is C1=CCC2=C(C=C1)NC1C=Cc3ncccc3C2=C1. The Hall–Kier alpha value is -2.35. The van der Waals surface area contributed by atoms with Crippen LogP contribution in [0.2, 0.25) is 0 Å². The molecule has 1 atom stereocenters. The highest BCUT2D eigenvalue weighted by molar-refractivity contribution is 5.87. The van der Waals surface area contributed by atoms with Crippen LogP contribution in [0.3, 0.4) is 0 Å². The van der Waals surface area contributed by atoms with Crippen molar-refractivity contribution in [3.05, 3.63) is 77.3 Å². The number of fused-ring (bicyclic) bond motifs is 4. The zero-order chi connectivity index (χ0) is 12.7. The maximum absolute atomic E-state index is 4.49. The number of hydrogen-bond donors (Lipinski definition) is 1. The molecule has 2 heteroatoms. The van der Waals surface area contributed by atoms with E-state index < -0.39 is 0 Å². The van der Waals surface area contributed by atoms with E-state index in [0.717, 1.165) is 12.1 Å². The largest absolute Gasteiger partial charge is 0.375 e. The quantitative estimate of drug-likeness (QED) is 0.760. The van der Waals surface area contributed by atoms with Crippen LogP contribution in [0.5, 0.6) is 0 Å². The van der Waals surface area contributed by atoms with E-state index >= 15 is 0 Å². The van der Waals surface area contributed by atoms with Gasteiger partial charge in [0.15, 0.2) is 0 Å². The van der Waals surface area contributed by atoms with Gasteiger partial charge in [0.1, 0.15) is 0 Å². The van der Waals surface area contributed by atoms with Crippen LogP contribution in [-0.4, -0.2) is 11.0 Å². The molecule has 0 saturated carbocycles. The summed E-state index contributed by atoms with van der Waals surface area (Å²) >= 11 is 0. The molecule has 1 aliphatic heterocycles. The van der Waals surface area contributed by atoms with Crippen molar-refractivity contribution in [2.24, 2.45) is 0 Å². The van der Waals surface area contributed by atoms with E-state index in [-0.39, 0.29) is 6.04 Å². The first kappa shape index (κ1) is 10.6. The monoisotopic (exact) mass is 246 g/mol. The second-order valence-corrected chi connectivity index (χ2v) is 4.93. The van der Waals surface area contributed by atoms with Crippen LogP contribution in [0.15, 0.2) is 66.1 Å². The van der Waals surface area contributed by atoms with Crippen molar-refractivity contribution in [3.63, 3.8) is 0 Å². The number of rotatable bonds is 0. The Morgan fingerprint density at radius 3 is 3.21 bits per heavy atom. The molecule has 1 aromatic heterocycles. The Morgan fingerprint density at radius 2 is 2.21 bits per heavy atom. The first-order valence-electron chi connectivity index (χ1n) is 6.60. The summed E-state index contributed by atoms with van der Waals surface area (Å²) in [6.07, 6.45) is 18.0. The minimum absolute atomic E-state index is 0.255. The first-order valence-corrected chi connectivity index (χ1v) is 6.60. The second-order valence-electron chi connectivity index (χ2n) is 4.93. The molecule has 0 fully saturated rings. The van der Waals surface area contributed by atoms with E-state index in [4.69, 9.17) is 0 Å². The predicted octanol–water partition coefficient (Wildman–Crippen LogP) is 3.23. The van der Waals surface area contributed by atoms with Gasteiger partial charge in [-0.25, -0.2) is 0 Å². The van der Waals surface area contributed by atoms with Crippen LogP contribution in [0.4, 0.5) is 0 Å². The van der Waals surface area contributed by atoms with Gasteiger partial charge in [-0.3, -0.25) is 4.98 Å². The van der Waals surface area contributed by atoms with Crippen molar-refractivity contribution >= 4 is 11.6 Å². The van der Waals surface area contributed by atoms with Crippen LogP contribution in [0.25, 0.3) is 11.6 Å². The molecule has 2 heterocycles. The van der Waals surface area contributed by atoms with Gasteiger partial charge in [-0.15, -0.1) is 0 Å². The molecule has 0 aromatic carbocycles. The zero-order valence-corrected chi connectivity index (χ0v) is 10.5. The summed E-state index contributed by atoms with van der Waals surface area (Å²) in [6.45, 7) is 0. The smallest absolute Gasteiger partial charge is 0.0705 e. The molecule has 1 unspecified atom stereocenters. The molecule has 0 saturated heterocycles. The van der Waals surface area contributed by atoms with E-state index in [1.807, 2.05) is 12.3 Å². The number of allylic oxidation sites excluding steroid dienone is 6. The fraction of sp³-hybridized carbons (Fsp3) is 0.118. The average Bonchev–Trinajstić information content (AvgIpc) is 2.76. The summed E-state index contributed by atoms with van der Waals surface area (Å²) in [5.74, 6) is 0. The highest BCUT2D eigenvalue weighted by Crippen LogP contribution is 2.36. The summed E-state index contributed by atoms with van der Waals surface area (Å²) < 4.78 is 0. The Labute approximate surface area is 112 Å². The minimum atomic E-state index is 0.255. The van der Waals surface area contributed by atoms with E-state index in [1.54, 1.807) is 0 Å². The Kier molecular flexibility index (Phi) is 2.27. The summed E-state index contributed by atoms with van der Waals surface area (Å²) in [4.78, 5) is 4.49. The average molecular weight is 246 g/mol. The fourth-order valence-electron chi connectivity index (χ4n) is 2.85. The van der Waals surface area contributed by atoms with Crippen LogP contribution in [0, 0.1) is 0 Å². The molecule has 0 spiro atoms. The van der Waals surface area contributed by atoms with Crippen LogP contribution in [0.1, 0.15) is 17.7 Å². The molecule has 2 bridgehead atoms. The van der Waals surface area contributed by atoms with Gasteiger partial charge in [0.05, 0.1) is 11.7 Å². The number of hydrogen-bond acceptors (Lipinski definition) is 2. The van der Waals surface area contributed by atoms with Crippen molar-refractivity contribution in [2.75, 3.05) is 0 Å². The number of pyridine rings is 1. The maximum Gasteiger partial charge on any atom is 0.0705 e. The van der Waals surface area contributed by atoms with E-state index in [1.165, 1.54) is 22.4 Å². The third-order valence-corrected chi connectivity index (χ3v) is 3.74. The lowest BCUT2D eigenvalue weighted by Crippen LogP contribution is -2.28. The number of nitrogens with zero attached hydrogens (tertiary/aromatic N) is 1. The van der Waals surface area contributed by atoms with Crippen molar-refractivity contribution in [2.45, 2.75) is 12.5 Å². The molecule has 1 aromatic rings. The third kappa shape index (κ3) is 1.68. The van der Waals surface area contributed by atoms with Gasteiger partial charge in [0.25, 0.3) is 0 Å². The molecular formula is C17H14N2. The van der Waals surface area contributed by atoms with Crippen molar-refractivity contribution < 1.29 is 0 Å². The van der Waals surface area contributed by atoms with Crippen molar-refractivity contribution in [1.29, 1.82) is 0 Å². The Morgan fingerprint density at radius 1 is 1.21 bits per heavy atom. The molecular weight excluding hydrogens is 232 g/mol. The summed E-state index contributed by atoms with van der Waals surface area (Å²) in [5, 5.41) is 3.56. The van der Waals surface area contributed by atoms with Crippen LogP contribution in [-0.2, 0) is 0 Å². The molecule has 2 nitrogen and oxygen atoms in total. The fourth-order valence-corrected chi connectivity index (χ4v) is 2.85. The van der Waals surface area contributed by atoms with Gasteiger partial charge in [-0.1, -0.05) is 36.4 Å². The number of aromatic nitrogens is 1. The summed E-state index contributed by atoms with van der Waals surface area (Å²) in [7, 11) is 0. The standard InChI is InChI=1S/C17H14N2/c1-2-5-14-15-11-12(19-17(14)7-3-1)8-9-16-13(15)6-4-10-18-16/h1-4,6-12,19H,5H2. The maximum atomic E-state index is 4.49. The molecule has 19 heavy (non-hydrogen) atoms. The van der Waals surface area contributed by atoms with Gasteiger partial charge in [0.2, 0.25) is 0 Å². The molecule has 3 aliphatic rings. The number of dihydropyridines is 1. The van der Waals surface area contributed by atoms with E-state index in [0.29, 0.717) is 0 Å². The normalized spacial score (nSPS) is 22.9. The topological polar surface area (TPSA) is 24.9 Å². The lowest BCUT2D eigenvalue weighted by atomic mass is 9.90. The zero-order valence-electron chi connectivity index (χ0n) is 10.5. The molecule has 92 valence electrons. The van der Waals surface area contributed by atoms with Gasteiger partial charge < -0.3 is 5.32 Å². The molecule has 0 amide bonds. The minimum Gasteiger partial charge on any atom is -0.375 e. The Bertz CT molecular complexity index is 687. The van der Waals surface area contributed by atoms with Crippen molar-refractivity contribution in [3.8, 4) is 0 Å². The van der Waals surface area contributed by atoms with Gasteiger partial charge in [0, 0.05) is 17.5 Å². The lowest BCUT2D eigenvalue weighted by Gasteiger charge is -2.25. The first-order chi connectivity index (χ1) is 9.42. The van der Waals surface area contributed by atoms with Crippen LogP contribution < -0.4 is 5.32 Å². The molecule has 2 aliphatic carbocycles. The molecule has 1 N–H and O–H groups in total. The van der Waals surface area contributed by atoms with Gasteiger partial charge in [-0.05, 0) is 35.8 Å². The highest BCUT2D eigenvalue weighted by Gasteiger charge is 2.23. The van der Waals surface area contributed by atoms with Gasteiger partial charge >= 0.3 is 0 Å². The highest BCUT2D eigenvalue weighted by atomic mass is 14.9. The van der Waals surface area contributed by atoms with Crippen molar-refractivity contribution in [1.82, 2.24) is 10.3 Å². The number of nitrogens with one attached hydrogen (secondary N) is 1. The van der Waals surface area contributed by atoms with E-state index in [9.17, 15) is 0 Å². The predicted molar refractivity (Wildman–Crippen MR) is 78.1 cm³/mol. The summed E-state index contributed by atoms with van der Waals surface area (Å²) in [5.41, 5.74) is 6.21. The van der Waals surface area contributed by atoms with Crippen LogP contribution >= 0.6 is 0 Å². The molecule has 4 rings (SSSR count). The summed E-state index contributed by atoms with van der Waals surface area (Å²) in [6, 6.07) is 4.43. The van der Waals surface area contributed by atoms with E-state index in [2.05, 4.69) is 58.9 Å². The lowest BCUT2D eigenvalue weighted by molar-refractivity contribution is 0.788.